The second-order valence-corrected chi connectivity index (χ2v) is 5.13. The zero-order chi connectivity index (χ0) is 9.52. The fraction of sp³-hybridized carbons (Fsp3) is 0.400. The summed E-state index contributed by atoms with van der Waals surface area (Å²) in [4.78, 5) is 0. The van der Waals surface area contributed by atoms with Gasteiger partial charge in [0, 0.05) is 17.7 Å². The fourth-order valence-electron chi connectivity index (χ4n) is 0.876. The Balaban J connectivity index is 3.54. The van der Waals surface area contributed by atoms with Crippen LogP contribution in [0.25, 0.3) is 0 Å². The maximum atomic E-state index is 10.9. The predicted octanol–water partition coefficient (Wildman–Crippen LogP) is 1.31. The van der Waals surface area contributed by atoms with E-state index >= 15 is 0 Å². The van der Waals surface area contributed by atoms with Crippen molar-refractivity contribution >= 4 is 31.3 Å². The van der Waals surface area contributed by atoms with Crippen LogP contribution in [0.4, 0.5) is 0 Å². The summed E-state index contributed by atoms with van der Waals surface area (Å²) in [7, 11) is 2.77. The zero-order valence-corrected chi connectivity index (χ0v) is 8.70. The van der Waals surface area contributed by atoms with Crippen LogP contribution in [0.2, 0.25) is 5.02 Å². The smallest absolute Gasteiger partial charge is 0.255 e. The Morgan fingerprint density at radius 1 is 1.50 bits per heavy atom. The van der Waals surface area contributed by atoms with E-state index < -0.39 is 9.05 Å². The average molecular weight is 229 g/mol. The molecule has 0 fully saturated rings. The molecule has 0 aliphatic heterocycles. The normalized spacial score (nSPS) is 12.0. The minimum atomic E-state index is -3.80. The van der Waals surface area contributed by atoms with Crippen LogP contribution in [0.1, 0.15) is 5.69 Å². The highest BCUT2D eigenvalue weighted by atomic mass is 35.7. The van der Waals surface area contributed by atoms with E-state index in [0.29, 0.717) is 5.69 Å². The van der Waals surface area contributed by atoms with Gasteiger partial charge in [0.2, 0.25) is 0 Å². The van der Waals surface area contributed by atoms with Crippen molar-refractivity contribution in [2.75, 3.05) is 0 Å². The van der Waals surface area contributed by atoms with E-state index in [2.05, 4.69) is 5.10 Å². The van der Waals surface area contributed by atoms with Gasteiger partial charge in [-0.3, -0.25) is 4.68 Å². The van der Waals surface area contributed by atoms with Crippen LogP contribution in [-0.2, 0) is 16.1 Å². The van der Waals surface area contributed by atoms with Gasteiger partial charge < -0.3 is 0 Å². The summed E-state index contributed by atoms with van der Waals surface area (Å²) in [5.41, 5.74) is 0.443. The molecule has 4 nitrogen and oxygen atoms in total. The van der Waals surface area contributed by atoms with Gasteiger partial charge in [-0.1, -0.05) is 11.6 Å². The van der Waals surface area contributed by atoms with Crippen molar-refractivity contribution in [3.05, 3.63) is 10.7 Å². The SMILES string of the molecule is Cc1nn(C)c(S(=O)(=O)Cl)c1Cl. The minimum Gasteiger partial charge on any atom is -0.255 e. The molecule has 0 spiro atoms. The molecule has 0 amide bonds. The summed E-state index contributed by atoms with van der Waals surface area (Å²) < 4.78 is 23.0. The van der Waals surface area contributed by atoms with Crippen LogP contribution in [0.15, 0.2) is 5.03 Å². The largest absolute Gasteiger partial charge is 0.279 e. The molecule has 0 saturated carbocycles. The van der Waals surface area contributed by atoms with Gasteiger partial charge in [0.15, 0.2) is 5.03 Å². The van der Waals surface area contributed by atoms with Crippen molar-refractivity contribution in [3.63, 3.8) is 0 Å². The Bertz CT molecular complexity index is 409. The highest BCUT2D eigenvalue weighted by Crippen LogP contribution is 2.26. The average Bonchev–Trinajstić information content (AvgIpc) is 2.05. The van der Waals surface area contributed by atoms with Crippen molar-refractivity contribution in [1.29, 1.82) is 0 Å². The summed E-state index contributed by atoms with van der Waals surface area (Å²) in [5, 5.41) is 3.71. The molecule has 1 rings (SSSR count). The molecule has 12 heavy (non-hydrogen) atoms. The standard InChI is InChI=1S/C5H6Cl2N2O2S/c1-3-4(6)5(9(2)8-3)12(7,10)11/h1-2H3. The van der Waals surface area contributed by atoms with Crippen molar-refractivity contribution in [3.8, 4) is 0 Å². The fourth-order valence-corrected chi connectivity index (χ4v) is 2.71. The Morgan fingerprint density at radius 3 is 2.17 bits per heavy atom. The van der Waals surface area contributed by atoms with E-state index in [-0.39, 0.29) is 10.0 Å². The third-order valence-corrected chi connectivity index (χ3v) is 3.26. The molecule has 0 radical (unpaired) electrons. The van der Waals surface area contributed by atoms with E-state index in [4.69, 9.17) is 22.3 Å². The molecule has 1 aromatic rings. The third-order valence-electron chi connectivity index (χ3n) is 1.33. The molecule has 1 heterocycles. The monoisotopic (exact) mass is 228 g/mol. The number of aryl methyl sites for hydroxylation is 2. The van der Waals surface area contributed by atoms with Gasteiger partial charge >= 0.3 is 0 Å². The molecule has 7 heteroatoms. The maximum absolute atomic E-state index is 10.9. The summed E-state index contributed by atoms with van der Waals surface area (Å²) in [5.74, 6) is 0. The Hall–Kier alpha value is -0.260. The zero-order valence-electron chi connectivity index (χ0n) is 6.38. The number of rotatable bonds is 1. The van der Waals surface area contributed by atoms with Gasteiger partial charge in [0.05, 0.1) is 5.69 Å². The van der Waals surface area contributed by atoms with Crippen LogP contribution in [0.3, 0.4) is 0 Å². The highest BCUT2D eigenvalue weighted by molar-refractivity contribution is 8.13. The van der Waals surface area contributed by atoms with E-state index in [1.807, 2.05) is 0 Å². The molecule has 0 atom stereocenters. The van der Waals surface area contributed by atoms with Crippen LogP contribution >= 0.6 is 22.3 Å². The highest BCUT2D eigenvalue weighted by Gasteiger charge is 2.22. The van der Waals surface area contributed by atoms with Crippen molar-refractivity contribution in [1.82, 2.24) is 9.78 Å². The van der Waals surface area contributed by atoms with Gasteiger partial charge in [-0.2, -0.15) is 5.10 Å². The van der Waals surface area contributed by atoms with E-state index in [1.54, 1.807) is 6.92 Å². The first kappa shape index (κ1) is 9.83. The van der Waals surface area contributed by atoms with Gasteiger partial charge in [0.1, 0.15) is 5.02 Å². The lowest BCUT2D eigenvalue weighted by Crippen LogP contribution is -2.01. The number of aromatic nitrogens is 2. The van der Waals surface area contributed by atoms with Crippen molar-refractivity contribution in [2.24, 2.45) is 7.05 Å². The lowest BCUT2D eigenvalue weighted by atomic mass is 10.5. The first-order valence-corrected chi connectivity index (χ1v) is 5.66. The summed E-state index contributed by atoms with van der Waals surface area (Å²) in [6.07, 6.45) is 0. The molecular weight excluding hydrogens is 223 g/mol. The van der Waals surface area contributed by atoms with Gasteiger partial charge in [-0.25, -0.2) is 8.42 Å². The summed E-state index contributed by atoms with van der Waals surface area (Å²) in [6, 6.07) is 0. The molecule has 1 aromatic heterocycles. The number of nitrogens with zero attached hydrogens (tertiary/aromatic N) is 2. The quantitative estimate of drug-likeness (QED) is 0.682. The number of halogens is 2. The Morgan fingerprint density at radius 2 is 2.00 bits per heavy atom. The first-order chi connectivity index (χ1) is 5.34. The first-order valence-electron chi connectivity index (χ1n) is 2.98. The molecule has 0 saturated heterocycles. The molecular formula is C5H6Cl2N2O2S. The maximum Gasteiger partial charge on any atom is 0.279 e. The van der Waals surface area contributed by atoms with E-state index in [9.17, 15) is 8.42 Å². The summed E-state index contributed by atoms with van der Waals surface area (Å²) >= 11 is 5.65. The van der Waals surface area contributed by atoms with E-state index in [1.165, 1.54) is 7.05 Å². The van der Waals surface area contributed by atoms with Crippen LogP contribution in [0, 0.1) is 6.92 Å². The molecule has 0 aliphatic carbocycles. The summed E-state index contributed by atoms with van der Waals surface area (Å²) in [6.45, 7) is 1.61. The van der Waals surface area contributed by atoms with E-state index in [0.717, 1.165) is 4.68 Å². The number of hydrogen-bond acceptors (Lipinski definition) is 3. The Labute approximate surface area is 79.5 Å². The predicted molar refractivity (Wildman–Crippen MR) is 46.0 cm³/mol. The lowest BCUT2D eigenvalue weighted by molar-refractivity contribution is 0.590. The van der Waals surface area contributed by atoms with Crippen LogP contribution < -0.4 is 0 Å². The minimum absolute atomic E-state index is 0.0764. The van der Waals surface area contributed by atoms with Gasteiger partial charge in [-0.05, 0) is 6.92 Å². The molecule has 0 bridgehead atoms. The third kappa shape index (κ3) is 1.57. The Kier molecular flexibility index (Phi) is 2.38. The van der Waals surface area contributed by atoms with Crippen molar-refractivity contribution in [2.45, 2.75) is 11.9 Å². The molecule has 0 aliphatic rings. The molecule has 0 N–H and O–H groups in total. The van der Waals surface area contributed by atoms with Crippen molar-refractivity contribution < 1.29 is 8.42 Å². The number of hydrogen-bond donors (Lipinski definition) is 0. The van der Waals surface area contributed by atoms with Gasteiger partial charge in [-0.15, -0.1) is 0 Å². The second-order valence-electron chi connectivity index (χ2n) is 2.27. The van der Waals surface area contributed by atoms with Crippen LogP contribution in [0.5, 0.6) is 0 Å². The van der Waals surface area contributed by atoms with Crippen LogP contribution in [-0.4, -0.2) is 18.2 Å². The lowest BCUT2D eigenvalue weighted by Gasteiger charge is -1.95. The second kappa shape index (κ2) is 2.90. The molecule has 0 aromatic carbocycles. The molecule has 68 valence electrons. The van der Waals surface area contributed by atoms with Gasteiger partial charge in [0.25, 0.3) is 9.05 Å². The topological polar surface area (TPSA) is 52.0 Å². The molecule has 0 unspecified atom stereocenters.